The van der Waals surface area contributed by atoms with Crippen LogP contribution < -0.4 is 0 Å². The van der Waals surface area contributed by atoms with E-state index >= 15 is 0 Å². The van der Waals surface area contributed by atoms with Gasteiger partial charge in [-0.1, -0.05) is 0 Å². The van der Waals surface area contributed by atoms with Crippen molar-refractivity contribution in [3.05, 3.63) is 0 Å². The molecule has 0 spiro atoms. The van der Waals surface area contributed by atoms with Crippen LogP contribution in [0.25, 0.3) is 0 Å². The maximum atomic E-state index is 10.7. The Bertz CT molecular complexity index is 668. The zero-order valence-corrected chi connectivity index (χ0v) is 17.8. The van der Waals surface area contributed by atoms with Gasteiger partial charge in [-0.3, -0.25) is 0 Å². The Morgan fingerprint density at radius 1 is 0.588 bits per heavy atom. The third kappa shape index (κ3) is 4.71. The molecule has 3 rings (SSSR count). The second-order valence-corrected chi connectivity index (χ2v) is 8.43. The van der Waals surface area contributed by atoms with Crippen molar-refractivity contribution in [2.24, 2.45) is 0 Å². The van der Waals surface area contributed by atoms with E-state index in [1.165, 1.54) is 0 Å². The molecule has 200 valence electrons. The number of ether oxygens (including phenoxy) is 5. The predicted octanol–water partition coefficient (Wildman–Crippen LogP) is -7.57. The van der Waals surface area contributed by atoms with Crippen LogP contribution >= 0.6 is 0 Å². The number of rotatable bonds is 9. The summed E-state index contributed by atoms with van der Waals surface area (Å²) in [5, 5.41) is 109. The highest BCUT2D eigenvalue weighted by molar-refractivity contribution is 5.01. The lowest BCUT2D eigenvalue weighted by molar-refractivity contribution is -0.399. The molecule has 0 aromatic carbocycles. The summed E-state index contributed by atoms with van der Waals surface area (Å²) in [6, 6.07) is 0. The Kier molecular flexibility index (Phi) is 8.85. The summed E-state index contributed by atoms with van der Waals surface area (Å²) in [6.07, 6.45) is -19.0. The first-order valence-corrected chi connectivity index (χ1v) is 10.5. The van der Waals surface area contributed by atoms with Crippen LogP contribution in [-0.2, 0) is 23.7 Å². The van der Waals surface area contributed by atoms with Gasteiger partial charge in [0, 0.05) is 0 Å². The fourth-order valence-corrected chi connectivity index (χ4v) is 4.14. The van der Waals surface area contributed by atoms with Crippen LogP contribution in [0.15, 0.2) is 0 Å². The maximum Gasteiger partial charge on any atom is 0.224 e. The number of hydrogen-bond acceptors (Lipinski definition) is 16. The van der Waals surface area contributed by atoms with Crippen LogP contribution in [-0.4, -0.2) is 168 Å². The number of aliphatic hydroxyl groups is 11. The van der Waals surface area contributed by atoms with E-state index in [1.54, 1.807) is 0 Å². The molecule has 0 aliphatic carbocycles. The minimum Gasteiger partial charge on any atom is -0.394 e. The molecule has 16 heteroatoms. The number of aliphatic hydroxyl groups excluding tert-OH is 11. The highest BCUT2D eigenvalue weighted by atomic mass is 16.8. The molecule has 13 atom stereocenters. The zero-order valence-electron chi connectivity index (χ0n) is 17.8. The Balaban J connectivity index is 1.87. The molecule has 3 aliphatic heterocycles. The van der Waals surface area contributed by atoms with Crippen molar-refractivity contribution in [1.82, 2.24) is 0 Å². The predicted molar refractivity (Wildman–Crippen MR) is 101 cm³/mol. The first kappa shape index (κ1) is 27.9. The quantitative estimate of drug-likeness (QED) is 0.139. The average Bonchev–Trinajstić information content (AvgIpc) is 3.23. The van der Waals surface area contributed by atoms with E-state index in [0.29, 0.717) is 0 Å². The van der Waals surface area contributed by atoms with Gasteiger partial charge in [-0.15, -0.1) is 0 Å². The van der Waals surface area contributed by atoms with Gasteiger partial charge >= 0.3 is 0 Å². The number of hydrogen-bond donors (Lipinski definition) is 11. The van der Waals surface area contributed by atoms with Crippen molar-refractivity contribution >= 4 is 0 Å². The van der Waals surface area contributed by atoms with Crippen LogP contribution in [0.5, 0.6) is 0 Å². The lowest BCUT2D eigenvalue weighted by Gasteiger charge is -2.44. The molecule has 3 fully saturated rings. The molecule has 0 radical (unpaired) electrons. The van der Waals surface area contributed by atoms with Gasteiger partial charge in [0.1, 0.15) is 74.3 Å². The average molecular weight is 504 g/mol. The second kappa shape index (κ2) is 10.8. The van der Waals surface area contributed by atoms with E-state index in [2.05, 4.69) is 0 Å². The van der Waals surface area contributed by atoms with E-state index < -0.39 is 112 Å². The summed E-state index contributed by atoms with van der Waals surface area (Å²) in [6.45, 7) is -4.40. The highest BCUT2D eigenvalue weighted by Crippen LogP contribution is 2.39. The van der Waals surface area contributed by atoms with Gasteiger partial charge < -0.3 is 79.9 Å². The van der Waals surface area contributed by atoms with Crippen LogP contribution in [0, 0.1) is 0 Å². The molecular weight excluding hydrogens is 472 g/mol. The smallest absolute Gasteiger partial charge is 0.224 e. The normalized spacial score (nSPS) is 51.8. The van der Waals surface area contributed by atoms with Gasteiger partial charge in [0.25, 0.3) is 0 Å². The molecule has 11 N–H and O–H groups in total. The summed E-state index contributed by atoms with van der Waals surface area (Å²) in [4.78, 5) is 0. The fraction of sp³-hybridized carbons (Fsp3) is 1.00. The molecule has 3 aliphatic rings. The lowest BCUT2D eigenvalue weighted by atomic mass is 9.99. The van der Waals surface area contributed by atoms with Gasteiger partial charge in [-0.25, -0.2) is 0 Å². The van der Waals surface area contributed by atoms with Crippen molar-refractivity contribution in [2.45, 2.75) is 78.9 Å². The largest absolute Gasteiger partial charge is 0.394 e. The minimum atomic E-state index is -2.49. The van der Waals surface area contributed by atoms with E-state index in [4.69, 9.17) is 23.7 Å². The molecule has 0 saturated carbocycles. The van der Waals surface area contributed by atoms with Crippen molar-refractivity contribution in [3.63, 3.8) is 0 Å². The van der Waals surface area contributed by atoms with Crippen LogP contribution in [0.1, 0.15) is 0 Å². The Labute approximate surface area is 192 Å². The fourth-order valence-electron chi connectivity index (χ4n) is 4.14. The van der Waals surface area contributed by atoms with Gasteiger partial charge in [0.05, 0.1) is 19.8 Å². The first-order valence-electron chi connectivity index (χ1n) is 10.5. The van der Waals surface area contributed by atoms with Gasteiger partial charge in [-0.05, 0) is 0 Å². The summed E-state index contributed by atoms with van der Waals surface area (Å²) in [5.41, 5.74) is 0. The van der Waals surface area contributed by atoms with Crippen molar-refractivity contribution in [3.8, 4) is 0 Å². The van der Waals surface area contributed by atoms with Gasteiger partial charge in [0.15, 0.2) is 6.29 Å². The summed E-state index contributed by atoms with van der Waals surface area (Å²) >= 11 is 0. The van der Waals surface area contributed by atoms with Crippen LogP contribution in [0.4, 0.5) is 0 Å². The molecule has 4 unspecified atom stereocenters. The summed E-state index contributed by atoms with van der Waals surface area (Å²) < 4.78 is 26.9. The van der Waals surface area contributed by atoms with Crippen molar-refractivity contribution < 1.29 is 79.9 Å². The lowest BCUT2D eigenvalue weighted by Crippen LogP contribution is -2.63. The molecule has 16 nitrogen and oxygen atoms in total. The SMILES string of the molecule is OCC1O[C@@H](O[C@]2(CO[C@]3(CO)O[C@H](CO)C(O)[C@@H]3O)O[C@H](CO)C(O)[C@@H]2O)C(O)[C@@H](O)[C@H]1O. The standard InChI is InChI=1S/C18H32O16/c19-1-6-9(23)12(26)13(27)16(31-6)34-18(15(29)11(25)8(3-21)33-18)5-30-17(4-22)14(28)10(24)7(2-20)32-17/h6-16,19-29H,1-5H2/t6?,7-,8-,9+,10?,11?,12+,13?,14+,15+,16+,17-,18+/m1/s1. The third-order valence-electron chi connectivity index (χ3n) is 6.27. The Hall–Kier alpha value is -0.640. The van der Waals surface area contributed by atoms with Crippen molar-refractivity contribution in [1.29, 1.82) is 0 Å². The van der Waals surface area contributed by atoms with Crippen LogP contribution in [0.3, 0.4) is 0 Å². The topological polar surface area (TPSA) is 269 Å². The molecule has 0 bridgehead atoms. The minimum absolute atomic E-state index is 0.750. The summed E-state index contributed by atoms with van der Waals surface area (Å²) in [7, 11) is 0. The third-order valence-corrected chi connectivity index (χ3v) is 6.27. The molecular formula is C18H32O16. The van der Waals surface area contributed by atoms with Gasteiger partial charge in [-0.2, -0.15) is 0 Å². The van der Waals surface area contributed by atoms with Crippen LogP contribution in [0.2, 0.25) is 0 Å². The van der Waals surface area contributed by atoms with Crippen molar-refractivity contribution in [2.75, 3.05) is 33.0 Å². The first-order chi connectivity index (χ1) is 16.0. The molecule has 0 aromatic rings. The Morgan fingerprint density at radius 2 is 1.09 bits per heavy atom. The van der Waals surface area contributed by atoms with E-state index in [1.807, 2.05) is 0 Å². The molecule has 34 heavy (non-hydrogen) atoms. The maximum absolute atomic E-state index is 10.7. The van der Waals surface area contributed by atoms with E-state index in [0.717, 1.165) is 0 Å². The van der Waals surface area contributed by atoms with E-state index in [-0.39, 0.29) is 0 Å². The Morgan fingerprint density at radius 3 is 1.56 bits per heavy atom. The molecule has 0 amide bonds. The highest BCUT2D eigenvalue weighted by Gasteiger charge is 2.62. The molecule has 0 aromatic heterocycles. The zero-order chi connectivity index (χ0) is 25.4. The monoisotopic (exact) mass is 504 g/mol. The molecule has 3 heterocycles. The molecule has 3 saturated heterocycles. The second-order valence-electron chi connectivity index (χ2n) is 8.43. The van der Waals surface area contributed by atoms with Gasteiger partial charge in [0.2, 0.25) is 11.6 Å². The summed E-state index contributed by atoms with van der Waals surface area (Å²) in [5.74, 6) is -4.84. The van der Waals surface area contributed by atoms with E-state index in [9.17, 15) is 56.2 Å².